The van der Waals surface area contributed by atoms with Crippen LogP contribution in [0, 0.1) is 6.92 Å². The zero-order chi connectivity index (χ0) is 12.1. The van der Waals surface area contributed by atoms with Crippen molar-refractivity contribution >= 4 is 5.97 Å². The molecule has 0 fully saturated rings. The molecule has 0 saturated heterocycles. The van der Waals surface area contributed by atoms with Gasteiger partial charge in [-0.3, -0.25) is 4.79 Å². The van der Waals surface area contributed by atoms with Crippen molar-refractivity contribution in [1.82, 2.24) is 5.32 Å². The Hall–Kier alpha value is -1.55. The second kappa shape index (κ2) is 5.51. The second-order valence-electron chi connectivity index (χ2n) is 3.76. The van der Waals surface area contributed by atoms with Gasteiger partial charge < -0.3 is 15.2 Å². The number of rotatable bonds is 4. The van der Waals surface area contributed by atoms with Crippen LogP contribution in [0.5, 0.6) is 5.75 Å². The maximum absolute atomic E-state index is 11.1. The number of carbonyl (C=O) groups is 1. The van der Waals surface area contributed by atoms with Crippen molar-refractivity contribution in [2.75, 3.05) is 7.11 Å². The van der Waals surface area contributed by atoms with Crippen molar-refractivity contribution in [1.29, 1.82) is 0 Å². The Labute approximate surface area is 95.2 Å². The number of carbonyl (C=O) groups excluding carboxylic acids is 1. The summed E-state index contributed by atoms with van der Waals surface area (Å²) in [4.78, 5) is 11.1. The predicted molar refractivity (Wildman–Crippen MR) is 61.2 cm³/mol. The van der Waals surface area contributed by atoms with E-state index in [0.717, 1.165) is 11.1 Å². The van der Waals surface area contributed by atoms with Gasteiger partial charge in [0.05, 0.1) is 7.11 Å². The molecule has 2 N–H and O–H groups in total. The molecule has 0 heterocycles. The highest BCUT2D eigenvalue weighted by Crippen LogP contribution is 2.17. The fourth-order valence-corrected chi connectivity index (χ4v) is 1.38. The largest absolute Gasteiger partial charge is 0.508 e. The highest BCUT2D eigenvalue weighted by Gasteiger charge is 2.12. The van der Waals surface area contributed by atoms with E-state index in [4.69, 9.17) is 0 Å². The molecule has 0 aliphatic carbocycles. The highest BCUT2D eigenvalue weighted by molar-refractivity contribution is 5.75. The number of phenolic OH excluding ortho intramolecular Hbond substituents is 1. The summed E-state index contributed by atoms with van der Waals surface area (Å²) in [7, 11) is 1.35. The van der Waals surface area contributed by atoms with Gasteiger partial charge in [-0.1, -0.05) is 17.7 Å². The van der Waals surface area contributed by atoms with Gasteiger partial charge in [0.15, 0.2) is 0 Å². The first-order chi connectivity index (χ1) is 7.54. The lowest BCUT2D eigenvalue weighted by Gasteiger charge is -2.12. The van der Waals surface area contributed by atoms with Gasteiger partial charge >= 0.3 is 5.97 Å². The van der Waals surface area contributed by atoms with Crippen LogP contribution in [0.15, 0.2) is 18.2 Å². The Morgan fingerprint density at radius 1 is 1.56 bits per heavy atom. The van der Waals surface area contributed by atoms with E-state index in [-0.39, 0.29) is 17.8 Å². The molecule has 1 aromatic rings. The highest BCUT2D eigenvalue weighted by atomic mass is 16.5. The summed E-state index contributed by atoms with van der Waals surface area (Å²) in [5.74, 6) is -0.0812. The summed E-state index contributed by atoms with van der Waals surface area (Å²) < 4.78 is 4.59. The smallest absolute Gasteiger partial charge is 0.322 e. The first-order valence-corrected chi connectivity index (χ1v) is 5.14. The van der Waals surface area contributed by atoms with E-state index in [0.29, 0.717) is 6.54 Å². The van der Waals surface area contributed by atoms with Crippen molar-refractivity contribution in [3.05, 3.63) is 29.3 Å². The minimum absolute atomic E-state index is 0.232. The van der Waals surface area contributed by atoms with Crippen LogP contribution in [0.4, 0.5) is 0 Å². The number of nitrogens with one attached hydrogen (secondary N) is 1. The van der Waals surface area contributed by atoms with Crippen LogP contribution in [0.3, 0.4) is 0 Å². The fraction of sp³-hybridized carbons (Fsp3) is 0.417. The van der Waals surface area contributed by atoms with E-state index in [9.17, 15) is 9.90 Å². The first-order valence-electron chi connectivity index (χ1n) is 5.14. The number of aryl methyl sites for hydroxylation is 1. The Balaban J connectivity index is 2.60. The van der Waals surface area contributed by atoms with E-state index < -0.39 is 0 Å². The lowest BCUT2D eigenvalue weighted by Crippen LogP contribution is -2.34. The Morgan fingerprint density at radius 3 is 2.88 bits per heavy atom. The number of hydrogen-bond donors (Lipinski definition) is 2. The third kappa shape index (κ3) is 3.24. The number of aromatic hydroxyl groups is 1. The maximum Gasteiger partial charge on any atom is 0.322 e. The minimum Gasteiger partial charge on any atom is -0.508 e. The zero-order valence-corrected chi connectivity index (χ0v) is 9.78. The van der Waals surface area contributed by atoms with Gasteiger partial charge in [0.2, 0.25) is 0 Å². The summed E-state index contributed by atoms with van der Waals surface area (Å²) >= 11 is 0. The van der Waals surface area contributed by atoms with Crippen molar-refractivity contribution in [3.8, 4) is 5.75 Å². The molecular formula is C12H17NO3. The molecule has 0 aliphatic heterocycles. The van der Waals surface area contributed by atoms with Gasteiger partial charge in [-0.15, -0.1) is 0 Å². The molecule has 0 spiro atoms. The number of methoxy groups -OCH3 is 1. The topological polar surface area (TPSA) is 58.6 Å². The molecule has 1 atom stereocenters. The van der Waals surface area contributed by atoms with Gasteiger partial charge in [-0.05, 0) is 19.9 Å². The quantitative estimate of drug-likeness (QED) is 0.756. The SMILES string of the molecule is COC(=O)[C@H](C)NCc1cc(C)ccc1O. The number of hydrogen-bond acceptors (Lipinski definition) is 4. The molecule has 0 saturated carbocycles. The third-order valence-electron chi connectivity index (χ3n) is 2.39. The van der Waals surface area contributed by atoms with Crippen LogP contribution in [0.25, 0.3) is 0 Å². The molecule has 0 aromatic heterocycles. The molecule has 0 radical (unpaired) electrons. The molecule has 0 bridgehead atoms. The molecule has 1 aromatic carbocycles. The zero-order valence-electron chi connectivity index (χ0n) is 9.78. The lowest BCUT2D eigenvalue weighted by atomic mass is 10.1. The van der Waals surface area contributed by atoms with Gasteiger partial charge in [0.1, 0.15) is 11.8 Å². The van der Waals surface area contributed by atoms with E-state index in [2.05, 4.69) is 10.1 Å². The molecule has 88 valence electrons. The van der Waals surface area contributed by atoms with E-state index >= 15 is 0 Å². The van der Waals surface area contributed by atoms with E-state index in [1.54, 1.807) is 13.0 Å². The van der Waals surface area contributed by atoms with Crippen molar-refractivity contribution in [2.45, 2.75) is 26.4 Å². The number of phenols is 1. The lowest BCUT2D eigenvalue weighted by molar-refractivity contribution is -0.142. The van der Waals surface area contributed by atoms with Crippen molar-refractivity contribution in [3.63, 3.8) is 0 Å². The molecule has 4 heteroatoms. The fourth-order valence-electron chi connectivity index (χ4n) is 1.38. The van der Waals surface area contributed by atoms with Gasteiger partial charge in [-0.2, -0.15) is 0 Å². The molecule has 0 aliphatic rings. The standard InChI is InChI=1S/C12H17NO3/c1-8-4-5-11(14)10(6-8)7-13-9(2)12(15)16-3/h4-6,9,13-14H,7H2,1-3H3/t9-/m0/s1. The second-order valence-corrected chi connectivity index (χ2v) is 3.76. The number of ether oxygens (including phenoxy) is 1. The summed E-state index contributed by atoms with van der Waals surface area (Å²) in [6.07, 6.45) is 0. The summed E-state index contributed by atoms with van der Waals surface area (Å²) in [5.41, 5.74) is 1.84. The van der Waals surface area contributed by atoms with Crippen LogP contribution < -0.4 is 5.32 Å². The molecular weight excluding hydrogens is 206 g/mol. The molecule has 1 rings (SSSR count). The first kappa shape index (κ1) is 12.5. The maximum atomic E-state index is 11.1. The average Bonchev–Trinajstić information content (AvgIpc) is 2.28. The van der Waals surface area contributed by atoms with Gasteiger partial charge in [0, 0.05) is 12.1 Å². The Morgan fingerprint density at radius 2 is 2.25 bits per heavy atom. The summed E-state index contributed by atoms with van der Waals surface area (Å²) in [5, 5.41) is 12.6. The summed E-state index contributed by atoms with van der Waals surface area (Å²) in [6, 6.07) is 4.98. The molecule has 4 nitrogen and oxygen atoms in total. The number of benzene rings is 1. The molecule has 16 heavy (non-hydrogen) atoms. The normalized spacial score (nSPS) is 12.2. The van der Waals surface area contributed by atoms with Crippen LogP contribution >= 0.6 is 0 Å². The monoisotopic (exact) mass is 223 g/mol. The van der Waals surface area contributed by atoms with Crippen molar-refractivity contribution in [2.24, 2.45) is 0 Å². The summed E-state index contributed by atoms with van der Waals surface area (Å²) in [6.45, 7) is 4.11. The molecule has 0 amide bonds. The van der Waals surface area contributed by atoms with Crippen LogP contribution in [-0.2, 0) is 16.1 Å². The average molecular weight is 223 g/mol. The Kier molecular flexibility index (Phi) is 4.31. The minimum atomic E-state index is -0.384. The Bertz CT molecular complexity index is 377. The van der Waals surface area contributed by atoms with E-state index in [1.165, 1.54) is 7.11 Å². The van der Waals surface area contributed by atoms with Gasteiger partial charge in [-0.25, -0.2) is 0 Å². The number of esters is 1. The van der Waals surface area contributed by atoms with Crippen molar-refractivity contribution < 1.29 is 14.6 Å². The van der Waals surface area contributed by atoms with E-state index in [1.807, 2.05) is 19.1 Å². The predicted octanol–water partition coefficient (Wildman–Crippen LogP) is 1.35. The van der Waals surface area contributed by atoms with Crippen LogP contribution in [-0.4, -0.2) is 24.2 Å². The van der Waals surface area contributed by atoms with Crippen LogP contribution in [0.2, 0.25) is 0 Å². The van der Waals surface area contributed by atoms with Crippen LogP contribution in [0.1, 0.15) is 18.1 Å². The third-order valence-corrected chi connectivity index (χ3v) is 2.39. The molecule has 0 unspecified atom stereocenters. The van der Waals surface area contributed by atoms with Gasteiger partial charge in [0.25, 0.3) is 0 Å².